The summed E-state index contributed by atoms with van der Waals surface area (Å²) in [4.78, 5) is 0. The predicted molar refractivity (Wildman–Crippen MR) is 66.2 cm³/mol. The third-order valence-corrected chi connectivity index (χ3v) is 4.88. The molecule has 0 aromatic rings. The van der Waals surface area contributed by atoms with Crippen LogP contribution in [0.1, 0.15) is 33.1 Å². The van der Waals surface area contributed by atoms with Crippen LogP contribution in [-0.2, 0) is 4.74 Å². The molecule has 0 saturated carbocycles. The molecule has 0 spiro atoms. The lowest BCUT2D eigenvalue weighted by atomic mass is 9.94. The van der Waals surface area contributed by atoms with E-state index in [-0.39, 0.29) is 0 Å². The first kappa shape index (κ1) is 11.3. The number of ether oxygens (including phenoxy) is 1. The molecule has 1 N–H and O–H groups in total. The van der Waals surface area contributed by atoms with Gasteiger partial charge in [0.2, 0.25) is 0 Å². The highest BCUT2D eigenvalue weighted by molar-refractivity contribution is 8.00. The van der Waals surface area contributed by atoms with E-state index < -0.39 is 0 Å². The van der Waals surface area contributed by atoms with Gasteiger partial charge >= 0.3 is 0 Å². The Bertz CT molecular complexity index is 246. The quantitative estimate of drug-likeness (QED) is 0.797. The lowest BCUT2D eigenvalue weighted by molar-refractivity contribution is 0.202. The lowest BCUT2D eigenvalue weighted by Crippen LogP contribution is -2.46. The molecule has 2 unspecified atom stereocenters. The van der Waals surface area contributed by atoms with Crippen LogP contribution < -0.4 is 5.32 Å². The first-order chi connectivity index (χ1) is 7.26. The van der Waals surface area contributed by atoms with E-state index in [0.29, 0.717) is 10.8 Å². The average molecular weight is 227 g/mol. The van der Waals surface area contributed by atoms with E-state index in [1.54, 1.807) is 0 Å². The number of thioether (sulfide) groups is 1. The molecule has 2 atom stereocenters. The largest absolute Gasteiger partial charge is 0.496 e. The fourth-order valence-electron chi connectivity index (χ4n) is 2.49. The van der Waals surface area contributed by atoms with Crippen LogP contribution in [0.3, 0.4) is 0 Å². The Morgan fingerprint density at radius 2 is 2.53 bits per heavy atom. The van der Waals surface area contributed by atoms with Gasteiger partial charge in [-0.05, 0) is 38.1 Å². The van der Waals surface area contributed by atoms with Gasteiger partial charge in [0, 0.05) is 11.2 Å². The minimum absolute atomic E-state index is 0.339. The molecule has 0 radical (unpaired) electrons. The molecule has 2 heterocycles. The van der Waals surface area contributed by atoms with E-state index in [2.05, 4.69) is 37.0 Å². The smallest absolute Gasteiger partial charge is 0.110 e. The molecule has 2 aliphatic heterocycles. The fraction of sp³-hybridized carbons (Fsp3) is 0.833. The number of rotatable bonds is 4. The molecule has 2 rings (SSSR count). The maximum absolute atomic E-state index is 5.73. The highest BCUT2D eigenvalue weighted by atomic mass is 32.2. The van der Waals surface area contributed by atoms with Crippen molar-refractivity contribution in [2.24, 2.45) is 0 Å². The fourth-order valence-corrected chi connectivity index (χ4v) is 3.90. The van der Waals surface area contributed by atoms with Crippen LogP contribution in [0, 0.1) is 0 Å². The standard InChI is InChI=1S/C12H21NOS/c1-3-13-11(10-6-4-8-14-10)12(2)7-5-9-15-12/h6,11,13H,3-5,7-9H2,1-2H3. The summed E-state index contributed by atoms with van der Waals surface area (Å²) < 4.78 is 6.07. The maximum Gasteiger partial charge on any atom is 0.110 e. The molecule has 0 bridgehead atoms. The van der Waals surface area contributed by atoms with Gasteiger partial charge in [-0.1, -0.05) is 6.92 Å². The van der Waals surface area contributed by atoms with Crippen LogP contribution in [0.5, 0.6) is 0 Å². The van der Waals surface area contributed by atoms with Gasteiger partial charge in [0.15, 0.2) is 0 Å². The van der Waals surface area contributed by atoms with Crippen molar-refractivity contribution < 1.29 is 4.74 Å². The second kappa shape index (κ2) is 4.79. The second-order valence-electron chi connectivity index (χ2n) is 4.50. The summed E-state index contributed by atoms with van der Waals surface area (Å²) in [5.74, 6) is 2.49. The first-order valence-electron chi connectivity index (χ1n) is 5.96. The topological polar surface area (TPSA) is 21.3 Å². The van der Waals surface area contributed by atoms with Gasteiger partial charge in [0.1, 0.15) is 5.76 Å². The normalized spacial score (nSPS) is 32.5. The number of likely N-dealkylation sites (N-methyl/N-ethyl adjacent to an activating group) is 1. The molecular weight excluding hydrogens is 206 g/mol. The number of hydrogen-bond donors (Lipinski definition) is 1. The molecule has 0 aromatic heterocycles. The van der Waals surface area contributed by atoms with Gasteiger partial charge in [-0.15, -0.1) is 0 Å². The van der Waals surface area contributed by atoms with Crippen LogP contribution in [0.25, 0.3) is 0 Å². The molecule has 1 saturated heterocycles. The molecule has 2 aliphatic rings. The van der Waals surface area contributed by atoms with E-state index in [1.807, 2.05) is 0 Å². The summed E-state index contributed by atoms with van der Waals surface area (Å²) in [6.45, 7) is 6.44. The Morgan fingerprint density at radius 1 is 1.67 bits per heavy atom. The third kappa shape index (κ3) is 2.34. The highest BCUT2D eigenvalue weighted by Gasteiger charge is 2.40. The minimum Gasteiger partial charge on any atom is -0.496 e. The van der Waals surface area contributed by atoms with Crippen LogP contribution in [0.15, 0.2) is 11.8 Å². The van der Waals surface area contributed by atoms with Crippen molar-refractivity contribution in [3.05, 3.63) is 11.8 Å². The van der Waals surface area contributed by atoms with Gasteiger partial charge in [-0.2, -0.15) is 11.8 Å². The Morgan fingerprint density at radius 3 is 3.07 bits per heavy atom. The summed E-state index contributed by atoms with van der Waals surface area (Å²) in [6, 6.07) is 0.414. The highest BCUT2D eigenvalue weighted by Crippen LogP contribution is 2.43. The Labute approximate surface area is 96.8 Å². The lowest BCUT2D eigenvalue weighted by Gasteiger charge is -2.34. The van der Waals surface area contributed by atoms with Crippen LogP contribution in [0.2, 0.25) is 0 Å². The Balaban J connectivity index is 2.10. The number of nitrogens with one attached hydrogen (secondary N) is 1. The summed E-state index contributed by atoms with van der Waals surface area (Å²) in [5.41, 5.74) is 0. The van der Waals surface area contributed by atoms with E-state index in [1.165, 1.54) is 24.4 Å². The minimum atomic E-state index is 0.339. The monoisotopic (exact) mass is 227 g/mol. The molecule has 2 nitrogen and oxygen atoms in total. The molecule has 15 heavy (non-hydrogen) atoms. The van der Waals surface area contributed by atoms with Gasteiger partial charge < -0.3 is 10.1 Å². The molecule has 86 valence electrons. The summed E-state index contributed by atoms with van der Waals surface area (Å²) >= 11 is 2.10. The van der Waals surface area contributed by atoms with Crippen LogP contribution in [-0.4, -0.2) is 29.7 Å². The van der Waals surface area contributed by atoms with Crippen molar-refractivity contribution in [1.29, 1.82) is 0 Å². The van der Waals surface area contributed by atoms with E-state index in [0.717, 1.165) is 19.6 Å². The van der Waals surface area contributed by atoms with Crippen LogP contribution in [0.4, 0.5) is 0 Å². The van der Waals surface area contributed by atoms with Crippen molar-refractivity contribution in [3.63, 3.8) is 0 Å². The van der Waals surface area contributed by atoms with Gasteiger partial charge in [0.05, 0.1) is 12.6 Å². The summed E-state index contributed by atoms with van der Waals surface area (Å²) in [6.07, 6.45) is 5.99. The first-order valence-corrected chi connectivity index (χ1v) is 6.95. The maximum atomic E-state index is 5.73. The Kier molecular flexibility index (Phi) is 3.62. The average Bonchev–Trinajstić information content (AvgIpc) is 2.85. The molecule has 0 amide bonds. The Hall–Kier alpha value is -0.150. The van der Waals surface area contributed by atoms with Crippen molar-refractivity contribution in [3.8, 4) is 0 Å². The van der Waals surface area contributed by atoms with E-state index in [4.69, 9.17) is 4.74 Å². The van der Waals surface area contributed by atoms with Crippen molar-refractivity contribution >= 4 is 11.8 Å². The van der Waals surface area contributed by atoms with Gasteiger partial charge in [0.25, 0.3) is 0 Å². The van der Waals surface area contributed by atoms with Crippen molar-refractivity contribution in [2.75, 3.05) is 18.9 Å². The van der Waals surface area contributed by atoms with Gasteiger partial charge in [-0.25, -0.2) is 0 Å². The zero-order valence-electron chi connectivity index (χ0n) is 9.71. The molecule has 3 heteroatoms. The van der Waals surface area contributed by atoms with Crippen molar-refractivity contribution in [2.45, 2.75) is 43.9 Å². The second-order valence-corrected chi connectivity index (χ2v) is 6.13. The van der Waals surface area contributed by atoms with E-state index in [9.17, 15) is 0 Å². The van der Waals surface area contributed by atoms with E-state index >= 15 is 0 Å². The SMILES string of the molecule is CCNC(C1=CCCO1)C1(C)CCCS1. The number of hydrogen-bond acceptors (Lipinski definition) is 3. The van der Waals surface area contributed by atoms with Gasteiger partial charge in [-0.3, -0.25) is 0 Å². The third-order valence-electron chi connectivity index (χ3n) is 3.28. The summed E-state index contributed by atoms with van der Waals surface area (Å²) in [5, 5.41) is 3.59. The van der Waals surface area contributed by atoms with Crippen molar-refractivity contribution in [1.82, 2.24) is 5.32 Å². The predicted octanol–water partition coefficient (Wildman–Crippen LogP) is 2.55. The molecular formula is C12H21NOS. The molecule has 1 fully saturated rings. The zero-order chi connectivity index (χ0) is 10.7. The summed E-state index contributed by atoms with van der Waals surface area (Å²) in [7, 11) is 0. The zero-order valence-corrected chi connectivity index (χ0v) is 10.5. The van der Waals surface area contributed by atoms with Crippen LogP contribution >= 0.6 is 11.8 Å². The molecule has 0 aliphatic carbocycles. The molecule has 0 aromatic carbocycles.